The predicted octanol–water partition coefficient (Wildman–Crippen LogP) is 2.58. The lowest BCUT2D eigenvalue weighted by Crippen LogP contribution is -2.13. The number of nitrogens with zero attached hydrogens (tertiary/aromatic N) is 1. The number of benzene rings is 1. The number of rotatable bonds is 2. The van der Waals surface area contributed by atoms with Gasteiger partial charge in [0.1, 0.15) is 22.9 Å². The van der Waals surface area contributed by atoms with E-state index in [1.807, 2.05) is 0 Å². The Morgan fingerprint density at radius 1 is 1.12 bits per heavy atom. The number of halogens is 2. The number of hydrogen-bond donors (Lipinski definition) is 0. The summed E-state index contributed by atoms with van der Waals surface area (Å²) in [5.74, 6) is -2.88. The molecule has 0 atom stereocenters. The third-order valence-electron chi connectivity index (χ3n) is 2.01. The number of aromatic nitrogens is 1. The molecule has 0 N–H and O–H groups in total. The van der Waals surface area contributed by atoms with Gasteiger partial charge >= 0.3 is 5.97 Å². The molecule has 3 nitrogen and oxygen atoms in total. The van der Waals surface area contributed by atoms with E-state index in [0.717, 1.165) is 12.1 Å². The summed E-state index contributed by atoms with van der Waals surface area (Å²) >= 11 is 0. The van der Waals surface area contributed by atoms with E-state index >= 15 is 0 Å². The van der Waals surface area contributed by atoms with E-state index in [2.05, 4.69) is 4.98 Å². The average Bonchev–Trinajstić information content (AvgIpc) is 2.30. The van der Waals surface area contributed by atoms with Crippen molar-refractivity contribution in [3.05, 3.63) is 59.9 Å². The van der Waals surface area contributed by atoms with Crippen molar-refractivity contribution in [2.45, 2.75) is 0 Å². The maximum absolute atomic E-state index is 13.2. The molecule has 86 valence electrons. The van der Waals surface area contributed by atoms with Crippen LogP contribution in [-0.4, -0.2) is 11.0 Å². The van der Waals surface area contributed by atoms with E-state index in [-0.39, 0.29) is 5.75 Å². The summed E-state index contributed by atoms with van der Waals surface area (Å²) in [5.41, 5.74) is -0.712. The second-order valence-corrected chi connectivity index (χ2v) is 3.17. The van der Waals surface area contributed by atoms with Gasteiger partial charge in [0.15, 0.2) is 0 Å². The molecule has 0 bridgehead atoms. The van der Waals surface area contributed by atoms with Crippen LogP contribution in [0.15, 0.2) is 42.7 Å². The Kier molecular flexibility index (Phi) is 3.09. The molecule has 0 aliphatic rings. The predicted molar refractivity (Wildman–Crippen MR) is 55.6 cm³/mol. The Balaban J connectivity index is 2.27. The van der Waals surface area contributed by atoms with Crippen molar-refractivity contribution in [1.29, 1.82) is 0 Å². The fraction of sp³-hybridized carbons (Fsp3) is 0. The number of carbonyl (C=O) groups is 1. The van der Waals surface area contributed by atoms with Gasteiger partial charge in [-0.15, -0.1) is 0 Å². The highest BCUT2D eigenvalue weighted by molar-refractivity contribution is 5.91. The molecular weight excluding hydrogens is 228 g/mol. The van der Waals surface area contributed by atoms with Crippen LogP contribution in [0.25, 0.3) is 0 Å². The second kappa shape index (κ2) is 4.69. The molecule has 0 spiro atoms. The normalized spacial score (nSPS) is 10.0. The number of pyridine rings is 1. The molecule has 1 aromatic carbocycles. The first-order valence-electron chi connectivity index (χ1n) is 4.74. The largest absolute Gasteiger partial charge is 0.421 e. The van der Waals surface area contributed by atoms with Gasteiger partial charge in [-0.3, -0.25) is 4.98 Å². The number of esters is 1. The topological polar surface area (TPSA) is 39.2 Å². The Bertz CT molecular complexity index is 523. The first kappa shape index (κ1) is 11.2. The zero-order valence-corrected chi connectivity index (χ0v) is 8.56. The zero-order chi connectivity index (χ0) is 12.3. The maximum atomic E-state index is 13.2. The molecule has 1 aromatic heterocycles. The Hall–Kier alpha value is -2.30. The fourth-order valence-electron chi connectivity index (χ4n) is 1.26. The Labute approximate surface area is 95.7 Å². The second-order valence-electron chi connectivity index (χ2n) is 3.17. The van der Waals surface area contributed by atoms with Gasteiger partial charge in [-0.1, -0.05) is 6.07 Å². The first-order valence-corrected chi connectivity index (χ1v) is 4.74. The van der Waals surface area contributed by atoms with Gasteiger partial charge in [-0.25, -0.2) is 13.6 Å². The molecule has 0 unspecified atom stereocenters. The van der Waals surface area contributed by atoms with E-state index in [1.54, 1.807) is 6.07 Å². The molecule has 0 radical (unpaired) electrons. The van der Waals surface area contributed by atoms with Crippen molar-refractivity contribution in [2.75, 3.05) is 0 Å². The summed E-state index contributed by atoms with van der Waals surface area (Å²) in [4.78, 5) is 15.2. The van der Waals surface area contributed by atoms with Crippen LogP contribution in [0.2, 0.25) is 0 Å². The van der Waals surface area contributed by atoms with Gasteiger partial charge in [-0.2, -0.15) is 0 Å². The van der Waals surface area contributed by atoms with Crippen LogP contribution in [0.4, 0.5) is 8.78 Å². The van der Waals surface area contributed by atoms with Crippen LogP contribution < -0.4 is 4.74 Å². The summed E-state index contributed by atoms with van der Waals surface area (Å²) < 4.78 is 31.3. The van der Waals surface area contributed by atoms with Crippen molar-refractivity contribution in [1.82, 2.24) is 4.98 Å². The quantitative estimate of drug-likeness (QED) is 0.751. The SMILES string of the molecule is O=C(Oc1cccnc1)c1c(F)cccc1F. The molecule has 0 amide bonds. The smallest absolute Gasteiger partial charge is 0.349 e. The lowest BCUT2D eigenvalue weighted by atomic mass is 10.2. The lowest BCUT2D eigenvalue weighted by Gasteiger charge is -2.05. The van der Waals surface area contributed by atoms with Crippen molar-refractivity contribution in [2.24, 2.45) is 0 Å². The summed E-state index contributed by atoms with van der Waals surface area (Å²) in [5, 5.41) is 0. The van der Waals surface area contributed by atoms with Crippen LogP contribution in [-0.2, 0) is 0 Å². The van der Waals surface area contributed by atoms with Crippen LogP contribution in [0.5, 0.6) is 5.75 Å². The minimum atomic E-state index is -1.09. The molecule has 2 rings (SSSR count). The van der Waals surface area contributed by atoms with Crippen molar-refractivity contribution >= 4 is 5.97 Å². The van der Waals surface area contributed by atoms with E-state index in [0.29, 0.717) is 0 Å². The maximum Gasteiger partial charge on any atom is 0.349 e. The highest BCUT2D eigenvalue weighted by atomic mass is 19.1. The average molecular weight is 235 g/mol. The third kappa shape index (κ3) is 2.44. The summed E-state index contributed by atoms with van der Waals surface area (Å²) in [6.07, 6.45) is 2.76. The van der Waals surface area contributed by atoms with Gasteiger partial charge in [0.05, 0.1) is 6.20 Å². The standard InChI is InChI=1S/C12H7F2NO2/c13-9-4-1-5-10(14)11(9)12(16)17-8-3-2-6-15-7-8/h1-7H. The van der Waals surface area contributed by atoms with Crippen LogP contribution >= 0.6 is 0 Å². The van der Waals surface area contributed by atoms with Gasteiger partial charge in [-0.05, 0) is 24.3 Å². The molecule has 0 fully saturated rings. The van der Waals surface area contributed by atoms with Gasteiger partial charge in [0.25, 0.3) is 0 Å². The van der Waals surface area contributed by atoms with Crippen LogP contribution in [0, 0.1) is 11.6 Å². The monoisotopic (exact) mass is 235 g/mol. The fourth-order valence-corrected chi connectivity index (χ4v) is 1.26. The molecular formula is C12H7F2NO2. The van der Waals surface area contributed by atoms with Gasteiger partial charge in [0, 0.05) is 6.20 Å². The number of hydrogen-bond acceptors (Lipinski definition) is 3. The Morgan fingerprint density at radius 2 is 1.82 bits per heavy atom. The minimum absolute atomic E-state index is 0.125. The summed E-state index contributed by atoms with van der Waals surface area (Å²) in [6.45, 7) is 0. The van der Waals surface area contributed by atoms with Crippen LogP contribution in [0.1, 0.15) is 10.4 Å². The lowest BCUT2D eigenvalue weighted by molar-refractivity contribution is 0.0724. The van der Waals surface area contributed by atoms with E-state index in [4.69, 9.17) is 4.74 Å². The van der Waals surface area contributed by atoms with E-state index in [1.165, 1.54) is 24.5 Å². The molecule has 0 aliphatic carbocycles. The first-order chi connectivity index (χ1) is 8.18. The highest BCUT2D eigenvalue weighted by Crippen LogP contribution is 2.15. The van der Waals surface area contributed by atoms with Crippen molar-refractivity contribution < 1.29 is 18.3 Å². The number of carbonyl (C=O) groups excluding carboxylic acids is 1. The zero-order valence-electron chi connectivity index (χ0n) is 8.56. The minimum Gasteiger partial charge on any atom is -0.421 e. The van der Waals surface area contributed by atoms with Gasteiger partial charge in [0.2, 0.25) is 0 Å². The third-order valence-corrected chi connectivity index (χ3v) is 2.01. The van der Waals surface area contributed by atoms with Crippen molar-refractivity contribution in [3.63, 3.8) is 0 Å². The van der Waals surface area contributed by atoms with Gasteiger partial charge < -0.3 is 4.74 Å². The molecule has 1 heterocycles. The number of ether oxygens (including phenoxy) is 1. The summed E-state index contributed by atoms with van der Waals surface area (Å²) in [6, 6.07) is 6.15. The molecule has 0 aliphatic heterocycles. The van der Waals surface area contributed by atoms with E-state index in [9.17, 15) is 13.6 Å². The molecule has 0 saturated heterocycles. The Morgan fingerprint density at radius 3 is 2.41 bits per heavy atom. The summed E-state index contributed by atoms with van der Waals surface area (Å²) in [7, 11) is 0. The highest BCUT2D eigenvalue weighted by Gasteiger charge is 2.18. The van der Waals surface area contributed by atoms with E-state index < -0.39 is 23.2 Å². The molecule has 17 heavy (non-hydrogen) atoms. The van der Waals surface area contributed by atoms with Crippen molar-refractivity contribution in [3.8, 4) is 5.75 Å². The molecule has 0 saturated carbocycles. The molecule has 5 heteroatoms. The van der Waals surface area contributed by atoms with Crippen LogP contribution in [0.3, 0.4) is 0 Å². The molecule has 2 aromatic rings.